The van der Waals surface area contributed by atoms with Gasteiger partial charge in [0.2, 0.25) is 0 Å². The maximum Gasteiger partial charge on any atom is 0.114 e. The summed E-state index contributed by atoms with van der Waals surface area (Å²) in [6, 6.07) is 0.429. The molecule has 2 unspecified atom stereocenters. The lowest BCUT2D eigenvalue weighted by Gasteiger charge is -2.58. The van der Waals surface area contributed by atoms with Crippen LogP contribution in [-0.2, 0) is 0 Å². The number of likely N-dealkylation sites (N-methyl/N-ethyl adjacent to an activating group) is 2. The van der Waals surface area contributed by atoms with E-state index in [1.54, 1.807) is 0 Å². The van der Waals surface area contributed by atoms with Crippen molar-refractivity contribution in [2.24, 2.45) is 0 Å². The topological polar surface area (TPSA) is 25.0 Å². The number of nitrogens with zero attached hydrogens (tertiary/aromatic N) is 4. The molecule has 1 N–H and O–H groups in total. The van der Waals surface area contributed by atoms with E-state index in [0.29, 0.717) is 6.04 Å². The predicted molar refractivity (Wildman–Crippen MR) is 185 cm³/mol. The second kappa shape index (κ2) is 26.2. The van der Waals surface area contributed by atoms with E-state index in [4.69, 9.17) is 0 Å². The first kappa shape index (κ1) is 40.8. The monoisotopic (exact) mass is 582 g/mol. The Bertz CT molecular complexity index is 544. The van der Waals surface area contributed by atoms with Crippen molar-refractivity contribution in [1.29, 1.82) is 0 Å². The number of rotatable bonds is 30. The van der Waals surface area contributed by atoms with Gasteiger partial charge in [-0.3, -0.25) is 15.1 Å². The van der Waals surface area contributed by atoms with Gasteiger partial charge in [-0.05, 0) is 73.8 Å². The lowest BCUT2D eigenvalue weighted by molar-refractivity contribution is -0.216. The lowest BCUT2D eigenvalue weighted by Crippen LogP contribution is -2.76. The van der Waals surface area contributed by atoms with E-state index in [9.17, 15) is 0 Å². The third kappa shape index (κ3) is 16.4. The van der Waals surface area contributed by atoms with E-state index in [2.05, 4.69) is 94.6 Å². The fourth-order valence-electron chi connectivity index (χ4n) is 7.06. The Morgan fingerprint density at radius 3 is 1.27 bits per heavy atom. The van der Waals surface area contributed by atoms with Gasteiger partial charge in [0.15, 0.2) is 0 Å². The number of nitrogens with one attached hydrogen (secondary N) is 1. The highest BCUT2D eigenvalue weighted by Gasteiger charge is 2.47. The SMILES string of the molecule is CCCCCCCCCCCCCCCCCCNC(N(C)C)C(C)(N(CC)CC)N(C(C)C)N(CCC)CCC. The minimum absolute atomic E-state index is 0.138. The van der Waals surface area contributed by atoms with Gasteiger partial charge < -0.3 is 0 Å². The van der Waals surface area contributed by atoms with Crippen molar-refractivity contribution in [3.05, 3.63) is 0 Å². The Morgan fingerprint density at radius 1 is 0.561 bits per heavy atom. The molecule has 2 atom stereocenters. The van der Waals surface area contributed by atoms with Crippen LogP contribution in [0.15, 0.2) is 0 Å². The first-order chi connectivity index (χ1) is 19.8. The van der Waals surface area contributed by atoms with Crippen molar-refractivity contribution in [2.75, 3.05) is 46.8 Å². The molecule has 0 saturated heterocycles. The fourth-order valence-corrected chi connectivity index (χ4v) is 7.06. The molecule has 0 fully saturated rings. The molecule has 0 radical (unpaired) electrons. The highest BCUT2D eigenvalue weighted by molar-refractivity contribution is 4.96. The van der Waals surface area contributed by atoms with Crippen LogP contribution in [0, 0.1) is 0 Å². The van der Waals surface area contributed by atoms with Gasteiger partial charge in [-0.15, -0.1) is 0 Å². The average Bonchev–Trinajstić information content (AvgIpc) is 2.93. The summed E-state index contributed by atoms with van der Waals surface area (Å²) in [6.07, 6.45) is 25.3. The molecule has 0 aliphatic carbocycles. The summed E-state index contributed by atoms with van der Waals surface area (Å²) in [5.74, 6) is 0. The molecule has 0 heterocycles. The zero-order valence-electron chi connectivity index (χ0n) is 30.2. The minimum Gasteiger partial charge on any atom is -0.299 e. The van der Waals surface area contributed by atoms with Crippen LogP contribution in [0.2, 0.25) is 0 Å². The second-order valence-corrected chi connectivity index (χ2v) is 13.3. The van der Waals surface area contributed by atoms with Crippen molar-refractivity contribution in [1.82, 2.24) is 25.1 Å². The van der Waals surface area contributed by atoms with Gasteiger partial charge >= 0.3 is 0 Å². The van der Waals surface area contributed by atoms with Crippen LogP contribution in [0.5, 0.6) is 0 Å². The predicted octanol–water partition coefficient (Wildman–Crippen LogP) is 9.53. The minimum atomic E-state index is -0.138. The molecule has 0 saturated carbocycles. The van der Waals surface area contributed by atoms with Crippen LogP contribution in [0.25, 0.3) is 0 Å². The summed E-state index contributed by atoms with van der Waals surface area (Å²) in [5.41, 5.74) is -0.138. The summed E-state index contributed by atoms with van der Waals surface area (Å²) in [5, 5.41) is 9.42. The van der Waals surface area contributed by atoms with E-state index in [1.165, 1.54) is 116 Å². The normalized spacial score (nSPS) is 14.7. The number of unbranched alkanes of at least 4 members (excludes halogenated alkanes) is 15. The van der Waals surface area contributed by atoms with Crippen molar-refractivity contribution in [3.8, 4) is 0 Å². The molecule has 41 heavy (non-hydrogen) atoms. The molecule has 5 nitrogen and oxygen atoms in total. The second-order valence-electron chi connectivity index (χ2n) is 13.3. The van der Waals surface area contributed by atoms with Crippen LogP contribution >= 0.6 is 0 Å². The maximum atomic E-state index is 4.05. The van der Waals surface area contributed by atoms with Gasteiger partial charge in [-0.1, -0.05) is 131 Å². The van der Waals surface area contributed by atoms with E-state index in [0.717, 1.165) is 32.7 Å². The average molecular weight is 582 g/mol. The fraction of sp³-hybridized carbons (Fsp3) is 1.00. The Hall–Kier alpha value is -0.200. The van der Waals surface area contributed by atoms with Gasteiger partial charge in [-0.25, -0.2) is 10.0 Å². The first-order valence-corrected chi connectivity index (χ1v) is 18.4. The molecule has 0 bridgehead atoms. The third-order valence-electron chi connectivity index (χ3n) is 9.03. The van der Waals surface area contributed by atoms with E-state index in [1.807, 2.05) is 0 Å². The maximum absolute atomic E-state index is 4.05. The number of hydrogen-bond donors (Lipinski definition) is 1. The van der Waals surface area contributed by atoms with Crippen LogP contribution in [0.3, 0.4) is 0 Å². The van der Waals surface area contributed by atoms with Crippen LogP contribution in [-0.4, -0.2) is 84.5 Å². The molecule has 0 spiro atoms. The van der Waals surface area contributed by atoms with Crippen molar-refractivity contribution < 1.29 is 0 Å². The zero-order valence-corrected chi connectivity index (χ0v) is 30.2. The Kier molecular flexibility index (Phi) is 26.1. The van der Waals surface area contributed by atoms with Gasteiger partial charge in [0.05, 0.1) is 6.17 Å². The molecule has 248 valence electrons. The van der Waals surface area contributed by atoms with E-state index < -0.39 is 0 Å². The molecule has 0 amide bonds. The molecule has 0 aromatic heterocycles. The van der Waals surface area contributed by atoms with Crippen LogP contribution in [0.1, 0.15) is 171 Å². The summed E-state index contributed by atoms with van der Waals surface area (Å²) < 4.78 is 0. The van der Waals surface area contributed by atoms with Crippen molar-refractivity contribution in [3.63, 3.8) is 0 Å². The standard InChI is InChI=1S/C36H79N5/c1-11-16-17-18-19-20-21-22-23-24-25-26-27-28-29-30-31-37-35(38(9)10)36(8,39(14-4)15-5)41(34(6)7)40(32-12-2)33-13-3/h34-35,37H,11-33H2,1-10H3. The van der Waals surface area contributed by atoms with Gasteiger partial charge in [-0.2, -0.15) is 0 Å². The summed E-state index contributed by atoms with van der Waals surface area (Å²) in [6.45, 7) is 24.2. The number of hydrazine groups is 1. The quantitative estimate of drug-likeness (QED) is 0.0517. The van der Waals surface area contributed by atoms with Crippen LogP contribution < -0.4 is 5.32 Å². The van der Waals surface area contributed by atoms with E-state index >= 15 is 0 Å². The first-order valence-electron chi connectivity index (χ1n) is 18.4. The van der Waals surface area contributed by atoms with Gasteiger partial charge in [0, 0.05) is 19.1 Å². The van der Waals surface area contributed by atoms with E-state index in [-0.39, 0.29) is 11.8 Å². The molecule has 5 heteroatoms. The summed E-state index contributed by atoms with van der Waals surface area (Å²) in [4.78, 5) is 5.10. The summed E-state index contributed by atoms with van der Waals surface area (Å²) >= 11 is 0. The van der Waals surface area contributed by atoms with Gasteiger partial charge in [0.25, 0.3) is 0 Å². The lowest BCUT2D eigenvalue weighted by atomic mass is 10.0. The Morgan fingerprint density at radius 2 is 0.951 bits per heavy atom. The van der Waals surface area contributed by atoms with Crippen molar-refractivity contribution >= 4 is 0 Å². The number of hydrogen-bond acceptors (Lipinski definition) is 5. The Labute approximate surface area is 260 Å². The zero-order chi connectivity index (χ0) is 30.9. The highest BCUT2D eigenvalue weighted by atomic mass is 15.7. The Balaban J connectivity index is 4.70. The molecule has 0 rings (SSSR count). The van der Waals surface area contributed by atoms with Crippen molar-refractivity contribution in [2.45, 2.75) is 189 Å². The summed E-state index contributed by atoms with van der Waals surface area (Å²) in [7, 11) is 4.52. The molecule has 0 aliphatic heterocycles. The molecular formula is C36H79N5. The largest absolute Gasteiger partial charge is 0.299 e. The smallest absolute Gasteiger partial charge is 0.114 e. The highest BCUT2D eigenvalue weighted by Crippen LogP contribution is 2.30. The third-order valence-corrected chi connectivity index (χ3v) is 9.03. The molecular weight excluding hydrogens is 502 g/mol. The van der Waals surface area contributed by atoms with Crippen LogP contribution in [0.4, 0.5) is 0 Å². The molecule has 0 aliphatic rings. The molecule has 0 aromatic rings. The van der Waals surface area contributed by atoms with Gasteiger partial charge in [0.1, 0.15) is 5.66 Å². The molecule has 0 aromatic carbocycles.